The summed E-state index contributed by atoms with van der Waals surface area (Å²) in [7, 11) is -3.92. The van der Waals surface area contributed by atoms with Crippen LogP contribution in [-0.4, -0.2) is 8.42 Å². The van der Waals surface area contributed by atoms with E-state index < -0.39 is 15.8 Å². The number of anilines is 1. The van der Waals surface area contributed by atoms with Gasteiger partial charge in [-0.1, -0.05) is 6.07 Å². The van der Waals surface area contributed by atoms with Gasteiger partial charge in [0, 0.05) is 0 Å². The summed E-state index contributed by atoms with van der Waals surface area (Å²) < 4.78 is 40.5. The number of hydrogen-bond acceptors (Lipinski definition) is 3. The topological polar surface area (TPSA) is 70.0 Å². The van der Waals surface area contributed by atoms with Crippen LogP contribution in [0.3, 0.4) is 0 Å². The van der Waals surface area contributed by atoms with Crippen molar-refractivity contribution in [2.24, 2.45) is 0 Å². The van der Waals surface area contributed by atoms with Gasteiger partial charge in [-0.05, 0) is 58.7 Å². The molecule has 0 amide bonds. The molecule has 0 saturated heterocycles. The first kappa shape index (κ1) is 15.5. The van der Waals surface area contributed by atoms with Gasteiger partial charge in [-0.25, -0.2) is 12.8 Å². The molecule has 0 unspecified atom stereocenters. The lowest BCUT2D eigenvalue weighted by Crippen LogP contribution is -2.14. The van der Waals surface area contributed by atoms with Crippen molar-refractivity contribution in [3.63, 3.8) is 0 Å². The van der Waals surface area contributed by atoms with Crippen molar-refractivity contribution in [1.82, 2.24) is 0 Å². The first-order chi connectivity index (χ1) is 9.83. The van der Waals surface area contributed by atoms with Gasteiger partial charge in [-0.15, -0.1) is 0 Å². The van der Waals surface area contributed by atoms with E-state index in [0.717, 1.165) is 6.07 Å². The van der Waals surface area contributed by atoms with Gasteiger partial charge in [0.25, 0.3) is 10.0 Å². The maximum absolute atomic E-state index is 13.5. The van der Waals surface area contributed by atoms with Crippen LogP contribution >= 0.6 is 15.9 Å². The Labute approximate surface area is 130 Å². The van der Waals surface area contributed by atoms with Crippen molar-refractivity contribution >= 4 is 31.6 Å². The lowest BCUT2D eigenvalue weighted by molar-refractivity contribution is 0.593. The number of rotatable bonds is 3. The van der Waals surface area contributed by atoms with E-state index in [2.05, 4.69) is 20.7 Å². The molecule has 1 N–H and O–H groups in total. The molecule has 2 rings (SSSR count). The summed E-state index contributed by atoms with van der Waals surface area (Å²) in [5.74, 6) is -0.666. The average Bonchev–Trinajstić information content (AvgIpc) is 2.44. The number of halogens is 2. The molecule has 0 radical (unpaired) electrons. The van der Waals surface area contributed by atoms with E-state index >= 15 is 0 Å². The zero-order valence-electron chi connectivity index (χ0n) is 10.9. The Morgan fingerprint density at radius 3 is 2.57 bits per heavy atom. The van der Waals surface area contributed by atoms with E-state index in [0.29, 0.717) is 11.1 Å². The molecule has 2 aromatic carbocycles. The minimum atomic E-state index is -3.92. The van der Waals surface area contributed by atoms with Crippen molar-refractivity contribution in [1.29, 1.82) is 5.26 Å². The molecule has 0 fully saturated rings. The standard InChI is InChI=1S/C14H10BrFN2O2S/c1-9-2-3-10(8-17)6-14(9)18-21(19,20)11-4-5-12(15)13(16)7-11/h2-7,18H,1H3. The summed E-state index contributed by atoms with van der Waals surface area (Å²) in [4.78, 5) is -0.190. The van der Waals surface area contributed by atoms with Crippen molar-refractivity contribution in [3.8, 4) is 6.07 Å². The van der Waals surface area contributed by atoms with Crippen LogP contribution in [0.4, 0.5) is 10.1 Å². The summed E-state index contributed by atoms with van der Waals surface area (Å²) in [5.41, 5.74) is 1.29. The SMILES string of the molecule is Cc1ccc(C#N)cc1NS(=O)(=O)c1ccc(Br)c(F)c1. The highest BCUT2D eigenvalue weighted by Crippen LogP contribution is 2.23. The van der Waals surface area contributed by atoms with E-state index in [1.54, 1.807) is 19.1 Å². The number of benzene rings is 2. The number of hydrogen-bond donors (Lipinski definition) is 1. The van der Waals surface area contributed by atoms with Gasteiger partial charge in [-0.3, -0.25) is 4.72 Å². The summed E-state index contributed by atoms with van der Waals surface area (Å²) in [5, 5.41) is 8.85. The van der Waals surface area contributed by atoms with Crippen LogP contribution in [0.5, 0.6) is 0 Å². The molecular weight excluding hydrogens is 359 g/mol. The van der Waals surface area contributed by atoms with E-state index in [-0.39, 0.29) is 15.1 Å². The number of nitrogens with zero attached hydrogens (tertiary/aromatic N) is 1. The molecule has 0 aliphatic carbocycles. The fourth-order valence-corrected chi connectivity index (χ4v) is 3.03. The Balaban J connectivity index is 2.42. The average molecular weight is 369 g/mol. The number of nitrogens with one attached hydrogen (secondary N) is 1. The minimum absolute atomic E-state index is 0.184. The zero-order chi connectivity index (χ0) is 15.6. The van der Waals surface area contributed by atoms with Gasteiger partial charge in [0.2, 0.25) is 0 Å². The van der Waals surface area contributed by atoms with Gasteiger partial charge in [0.1, 0.15) is 5.82 Å². The fourth-order valence-electron chi connectivity index (χ4n) is 1.65. The maximum Gasteiger partial charge on any atom is 0.262 e. The highest BCUT2D eigenvalue weighted by atomic mass is 79.9. The largest absolute Gasteiger partial charge is 0.279 e. The monoisotopic (exact) mass is 368 g/mol. The Hall–Kier alpha value is -1.91. The van der Waals surface area contributed by atoms with Gasteiger partial charge in [0.05, 0.1) is 26.7 Å². The molecule has 7 heteroatoms. The second kappa shape index (κ2) is 5.84. The van der Waals surface area contributed by atoms with Gasteiger partial charge in [0.15, 0.2) is 0 Å². The van der Waals surface area contributed by atoms with Crippen LogP contribution in [0.15, 0.2) is 45.8 Å². The second-order valence-electron chi connectivity index (χ2n) is 4.32. The van der Waals surface area contributed by atoms with Gasteiger partial charge < -0.3 is 0 Å². The lowest BCUT2D eigenvalue weighted by Gasteiger charge is -2.11. The van der Waals surface area contributed by atoms with Crippen molar-refractivity contribution < 1.29 is 12.8 Å². The zero-order valence-corrected chi connectivity index (χ0v) is 13.3. The minimum Gasteiger partial charge on any atom is -0.279 e. The highest BCUT2D eigenvalue weighted by molar-refractivity contribution is 9.10. The molecule has 2 aromatic rings. The van der Waals surface area contributed by atoms with E-state index in [4.69, 9.17) is 5.26 Å². The molecule has 0 aliphatic heterocycles. The molecule has 0 atom stereocenters. The van der Waals surface area contributed by atoms with Crippen LogP contribution in [0.1, 0.15) is 11.1 Å². The third-order valence-electron chi connectivity index (χ3n) is 2.81. The molecular formula is C14H10BrFN2O2S. The van der Waals surface area contributed by atoms with Crippen LogP contribution in [0, 0.1) is 24.1 Å². The Kier molecular flexibility index (Phi) is 4.30. The number of sulfonamides is 1. The predicted molar refractivity (Wildman–Crippen MR) is 80.8 cm³/mol. The summed E-state index contributed by atoms with van der Waals surface area (Å²) in [6, 6.07) is 10.1. The number of nitriles is 1. The Bertz CT molecular complexity index is 845. The summed E-state index contributed by atoms with van der Waals surface area (Å²) >= 11 is 2.97. The van der Waals surface area contributed by atoms with Gasteiger partial charge >= 0.3 is 0 Å². The molecule has 21 heavy (non-hydrogen) atoms. The van der Waals surface area contributed by atoms with Crippen LogP contribution in [-0.2, 0) is 10.0 Å². The Morgan fingerprint density at radius 2 is 1.95 bits per heavy atom. The molecule has 0 bridgehead atoms. The summed E-state index contributed by atoms with van der Waals surface area (Å²) in [6.07, 6.45) is 0. The normalized spacial score (nSPS) is 11.0. The number of aryl methyl sites for hydroxylation is 1. The first-order valence-electron chi connectivity index (χ1n) is 5.82. The van der Waals surface area contributed by atoms with Crippen molar-refractivity contribution in [2.45, 2.75) is 11.8 Å². The maximum atomic E-state index is 13.5. The van der Waals surface area contributed by atoms with E-state index in [1.165, 1.54) is 18.2 Å². The smallest absolute Gasteiger partial charge is 0.262 e. The summed E-state index contributed by atoms with van der Waals surface area (Å²) in [6.45, 7) is 1.71. The molecule has 0 aliphatic rings. The molecule has 0 heterocycles. The molecule has 0 spiro atoms. The fraction of sp³-hybridized carbons (Fsp3) is 0.0714. The molecule has 4 nitrogen and oxygen atoms in total. The van der Waals surface area contributed by atoms with Crippen LogP contribution in [0.25, 0.3) is 0 Å². The lowest BCUT2D eigenvalue weighted by atomic mass is 10.1. The molecule has 108 valence electrons. The van der Waals surface area contributed by atoms with Crippen molar-refractivity contribution in [3.05, 3.63) is 57.8 Å². The van der Waals surface area contributed by atoms with Crippen LogP contribution in [0.2, 0.25) is 0 Å². The van der Waals surface area contributed by atoms with E-state index in [1.807, 2.05) is 6.07 Å². The second-order valence-corrected chi connectivity index (χ2v) is 6.86. The third-order valence-corrected chi connectivity index (χ3v) is 4.82. The molecule has 0 saturated carbocycles. The third kappa shape index (κ3) is 3.40. The Morgan fingerprint density at radius 1 is 1.24 bits per heavy atom. The van der Waals surface area contributed by atoms with E-state index in [9.17, 15) is 12.8 Å². The quantitative estimate of drug-likeness (QED) is 0.899. The van der Waals surface area contributed by atoms with Gasteiger partial charge in [-0.2, -0.15) is 5.26 Å². The van der Waals surface area contributed by atoms with Crippen molar-refractivity contribution in [2.75, 3.05) is 4.72 Å². The predicted octanol–water partition coefficient (Wildman–Crippen LogP) is 3.57. The molecule has 0 aromatic heterocycles. The highest BCUT2D eigenvalue weighted by Gasteiger charge is 2.17. The first-order valence-corrected chi connectivity index (χ1v) is 8.10. The van der Waals surface area contributed by atoms with Crippen LogP contribution < -0.4 is 4.72 Å².